The van der Waals surface area contributed by atoms with Gasteiger partial charge < -0.3 is 10.1 Å². The van der Waals surface area contributed by atoms with Crippen molar-refractivity contribution >= 4 is 0 Å². The first-order chi connectivity index (χ1) is 8.51. The maximum atomic E-state index is 8.41. The molecule has 0 aromatic heterocycles. The summed E-state index contributed by atoms with van der Waals surface area (Å²) in [6.07, 6.45) is 1.16. The molecule has 0 unspecified atom stereocenters. The van der Waals surface area contributed by atoms with Gasteiger partial charge in [-0.05, 0) is 36.1 Å². The minimum absolute atomic E-state index is 0.100. The Labute approximate surface area is 110 Å². The summed E-state index contributed by atoms with van der Waals surface area (Å²) in [6.45, 7) is 8.73. The molecule has 0 aliphatic carbocycles. The molecule has 3 nitrogen and oxygen atoms in total. The van der Waals surface area contributed by atoms with E-state index in [2.05, 4.69) is 26.1 Å². The van der Waals surface area contributed by atoms with Crippen molar-refractivity contribution in [3.8, 4) is 11.8 Å². The van der Waals surface area contributed by atoms with Crippen molar-refractivity contribution in [3.63, 3.8) is 0 Å². The Morgan fingerprint density at radius 3 is 2.44 bits per heavy atom. The van der Waals surface area contributed by atoms with Crippen LogP contribution in [0.25, 0.3) is 0 Å². The molecule has 1 aromatic rings. The van der Waals surface area contributed by atoms with Crippen molar-refractivity contribution in [2.24, 2.45) is 5.41 Å². The first kappa shape index (κ1) is 14.5. The molecule has 98 valence electrons. The normalized spacial score (nSPS) is 11.0. The van der Waals surface area contributed by atoms with E-state index in [9.17, 15) is 0 Å². The van der Waals surface area contributed by atoms with Crippen LogP contribution in [0.1, 0.15) is 32.8 Å². The molecule has 0 amide bonds. The van der Waals surface area contributed by atoms with E-state index in [0.717, 1.165) is 25.3 Å². The van der Waals surface area contributed by atoms with Gasteiger partial charge in [-0.15, -0.1) is 0 Å². The number of benzene rings is 1. The first-order valence-corrected chi connectivity index (χ1v) is 6.31. The standard InChI is InChI=1S/C15H22N2O/c1-15(2,3)8-10-17-12-13-4-6-14(7-5-13)18-11-9-16/h4-7,17H,8,10-12H2,1-3H3. The van der Waals surface area contributed by atoms with Gasteiger partial charge in [-0.2, -0.15) is 5.26 Å². The highest BCUT2D eigenvalue weighted by molar-refractivity contribution is 5.27. The fourth-order valence-electron chi connectivity index (χ4n) is 1.52. The average molecular weight is 246 g/mol. The van der Waals surface area contributed by atoms with Crippen LogP contribution in [0.2, 0.25) is 0 Å². The molecule has 1 N–H and O–H groups in total. The second-order valence-corrected chi connectivity index (χ2v) is 5.58. The highest BCUT2D eigenvalue weighted by Crippen LogP contribution is 2.17. The van der Waals surface area contributed by atoms with Crippen molar-refractivity contribution in [2.75, 3.05) is 13.2 Å². The van der Waals surface area contributed by atoms with E-state index >= 15 is 0 Å². The number of rotatable bonds is 6. The number of hydrogen-bond donors (Lipinski definition) is 1. The first-order valence-electron chi connectivity index (χ1n) is 6.31. The summed E-state index contributed by atoms with van der Waals surface area (Å²) in [6, 6.07) is 9.80. The fourth-order valence-corrected chi connectivity index (χ4v) is 1.52. The van der Waals surface area contributed by atoms with Gasteiger partial charge in [-0.1, -0.05) is 32.9 Å². The fraction of sp³-hybridized carbons (Fsp3) is 0.533. The van der Waals surface area contributed by atoms with Crippen LogP contribution in [-0.2, 0) is 6.54 Å². The van der Waals surface area contributed by atoms with E-state index in [0.29, 0.717) is 5.41 Å². The second kappa shape index (κ2) is 7.03. The molecule has 0 spiro atoms. The Kier molecular flexibility index (Phi) is 5.67. The van der Waals surface area contributed by atoms with E-state index in [1.54, 1.807) is 0 Å². The van der Waals surface area contributed by atoms with E-state index in [1.165, 1.54) is 5.56 Å². The largest absolute Gasteiger partial charge is 0.479 e. The van der Waals surface area contributed by atoms with Crippen LogP contribution in [0.5, 0.6) is 5.75 Å². The van der Waals surface area contributed by atoms with Crippen LogP contribution in [0.15, 0.2) is 24.3 Å². The lowest BCUT2D eigenvalue weighted by Crippen LogP contribution is -2.20. The summed E-state index contributed by atoms with van der Waals surface area (Å²) in [4.78, 5) is 0. The topological polar surface area (TPSA) is 45.0 Å². The third-order valence-corrected chi connectivity index (χ3v) is 2.61. The monoisotopic (exact) mass is 246 g/mol. The van der Waals surface area contributed by atoms with Crippen molar-refractivity contribution in [1.29, 1.82) is 5.26 Å². The molecule has 0 saturated carbocycles. The molecule has 3 heteroatoms. The number of nitrogens with one attached hydrogen (secondary N) is 1. The summed E-state index contributed by atoms with van der Waals surface area (Å²) < 4.78 is 5.20. The van der Waals surface area contributed by atoms with Gasteiger partial charge in [-0.25, -0.2) is 0 Å². The lowest BCUT2D eigenvalue weighted by Gasteiger charge is -2.18. The zero-order valence-corrected chi connectivity index (χ0v) is 11.5. The predicted octanol–water partition coefficient (Wildman–Crippen LogP) is 3.11. The summed E-state index contributed by atoms with van der Waals surface area (Å²) in [5.41, 5.74) is 1.61. The molecule has 1 rings (SSSR count). The highest BCUT2D eigenvalue weighted by atomic mass is 16.5. The van der Waals surface area contributed by atoms with Gasteiger partial charge in [0.05, 0.1) is 0 Å². The van der Waals surface area contributed by atoms with Gasteiger partial charge in [0.15, 0.2) is 6.61 Å². The Morgan fingerprint density at radius 2 is 1.89 bits per heavy atom. The van der Waals surface area contributed by atoms with Gasteiger partial charge in [0.2, 0.25) is 0 Å². The van der Waals surface area contributed by atoms with Gasteiger partial charge >= 0.3 is 0 Å². The van der Waals surface area contributed by atoms with Crippen LogP contribution in [-0.4, -0.2) is 13.2 Å². The lowest BCUT2D eigenvalue weighted by atomic mass is 9.92. The number of nitriles is 1. The van der Waals surface area contributed by atoms with Crippen LogP contribution in [0.3, 0.4) is 0 Å². The Bertz CT molecular complexity index is 384. The van der Waals surface area contributed by atoms with E-state index in [4.69, 9.17) is 10.00 Å². The van der Waals surface area contributed by atoms with Crippen molar-refractivity contribution in [3.05, 3.63) is 29.8 Å². The van der Waals surface area contributed by atoms with Crippen LogP contribution >= 0.6 is 0 Å². The number of nitrogens with zero attached hydrogens (tertiary/aromatic N) is 1. The Hall–Kier alpha value is -1.53. The van der Waals surface area contributed by atoms with Gasteiger partial charge in [0, 0.05) is 6.54 Å². The molecule has 0 bridgehead atoms. The third-order valence-electron chi connectivity index (χ3n) is 2.61. The molecule has 0 radical (unpaired) electrons. The van der Waals surface area contributed by atoms with Gasteiger partial charge in [0.25, 0.3) is 0 Å². The van der Waals surface area contributed by atoms with Crippen molar-refractivity contribution < 1.29 is 4.74 Å². The minimum atomic E-state index is 0.100. The molecule has 1 aromatic carbocycles. The number of ether oxygens (including phenoxy) is 1. The second-order valence-electron chi connectivity index (χ2n) is 5.58. The molecular formula is C15H22N2O. The van der Waals surface area contributed by atoms with Gasteiger partial charge in [0.1, 0.15) is 11.8 Å². The minimum Gasteiger partial charge on any atom is -0.479 e. The van der Waals surface area contributed by atoms with Crippen LogP contribution < -0.4 is 10.1 Å². The summed E-state index contributed by atoms with van der Waals surface area (Å²) in [7, 11) is 0. The van der Waals surface area contributed by atoms with E-state index in [1.807, 2.05) is 30.3 Å². The molecule has 0 atom stereocenters. The molecule has 0 aliphatic rings. The van der Waals surface area contributed by atoms with Gasteiger partial charge in [-0.3, -0.25) is 0 Å². The molecule has 0 heterocycles. The zero-order chi connectivity index (χ0) is 13.4. The maximum Gasteiger partial charge on any atom is 0.174 e. The van der Waals surface area contributed by atoms with Crippen molar-refractivity contribution in [1.82, 2.24) is 5.32 Å². The lowest BCUT2D eigenvalue weighted by molar-refractivity contribution is 0.365. The van der Waals surface area contributed by atoms with E-state index in [-0.39, 0.29) is 6.61 Å². The molecule has 0 fully saturated rings. The summed E-state index contributed by atoms with van der Waals surface area (Å²) in [5.74, 6) is 0.745. The van der Waals surface area contributed by atoms with Crippen LogP contribution in [0, 0.1) is 16.7 Å². The molecule has 18 heavy (non-hydrogen) atoms. The average Bonchev–Trinajstić information content (AvgIpc) is 2.32. The summed E-state index contributed by atoms with van der Waals surface area (Å²) >= 11 is 0. The maximum absolute atomic E-state index is 8.41. The SMILES string of the molecule is CC(C)(C)CCNCc1ccc(OCC#N)cc1. The zero-order valence-electron chi connectivity index (χ0n) is 11.5. The predicted molar refractivity (Wildman–Crippen MR) is 73.3 cm³/mol. The molecule has 0 aliphatic heterocycles. The molecular weight excluding hydrogens is 224 g/mol. The smallest absolute Gasteiger partial charge is 0.174 e. The molecule has 0 saturated heterocycles. The highest BCUT2D eigenvalue weighted by Gasteiger charge is 2.08. The van der Waals surface area contributed by atoms with Crippen LogP contribution in [0.4, 0.5) is 0 Å². The quantitative estimate of drug-likeness (QED) is 0.784. The van der Waals surface area contributed by atoms with E-state index < -0.39 is 0 Å². The third kappa shape index (κ3) is 6.27. The van der Waals surface area contributed by atoms with Crippen molar-refractivity contribution in [2.45, 2.75) is 33.7 Å². The Morgan fingerprint density at radius 1 is 1.22 bits per heavy atom. The Balaban J connectivity index is 2.29. The number of hydrogen-bond acceptors (Lipinski definition) is 3. The summed E-state index contributed by atoms with van der Waals surface area (Å²) in [5, 5.41) is 11.8.